The van der Waals surface area contributed by atoms with Crippen molar-refractivity contribution in [2.45, 2.75) is 16.3 Å². The van der Waals surface area contributed by atoms with Crippen LogP contribution in [-0.4, -0.2) is 40.3 Å². The molecule has 3 rings (SSSR count). The van der Waals surface area contributed by atoms with E-state index in [1.54, 1.807) is 31.4 Å². The fourth-order valence-electron chi connectivity index (χ4n) is 2.29. The fraction of sp³-hybridized carbons (Fsp3) is 0.176. The second kappa shape index (κ2) is 7.70. The van der Waals surface area contributed by atoms with E-state index in [2.05, 4.69) is 14.9 Å². The Kier molecular flexibility index (Phi) is 5.49. The first-order valence-corrected chi connectivity index (χ1v) is 11.3. The molecular weight excluding hydrogens is 406 g/mol. The molecule has 11 heteroatoms. The normalized spacial score (nSPS) is 12.1. The number of hydrogen-bond donors (Lipinski definition) is 1. The van der Waals surface area contributed by atoms with Gasteiger partial charge in [0.05, 0.1) is 23.4 Å². The summed E-state index contributed by atoms with van der Waals surface area (Å²) in [6.07, 6.45) is 1.05. The Morgan fingerprint density at radius 3 is 2.14 bits per heavy atom. The maximum Gasteiger partial charge on any atom is 0.242 e. The van der Waals surface area contributed by atoms with Crippen molar-refractivity contribution < 1.29 is 26.1 Å². The molecule has 0 amide bonds. The molecule has 2 aromatic carbocycles. The van der Waals surface area contributed by atoms with Gasteiger partial charge in [-0.3, -0.25) is 0 Å². The molecule has 0 unspecified atom stereocenters. The zero-order valence-corrected chi connectivity index (χ0v) is 16.6. The lowest BCUT2D eigenvalue weighted by Gasteiger charge is -2.05. The lowest BCUT2D eigenvalue weighted by Crippen LogP contribution is -2.23. The van der Waals surface area contributed by atoms with E-state index < -0.39 is 19.9 Å². The molecule has 1 heterocycles. The van der Waals surface area contributed by atoms with Crippen molar-refractivity contribution in [3.63, 3.8) is 0 Å². The Hall–Kier alpha value is -2.76. The number of benzene rings is 2. The lowest BCUT2D eigenvalue weighted by atomic mass is 10.2. The summed E-state index contributed by atoms with van der Waals surface area (Å²) in [4.78, 5) is 4.11. The van der Waals surface area contributed by atoms with Gasteiger partial charge in [0.1, 0.15) is 5.75 Å². The van der Waals surface area contributed by atoms with Crippen molar-refractivity contribution in [2.75, 3.05) is 13.4 Å². The minimum absolute atomic E-state index is 0.0347. The topological polar surface area (TPSA) is 128 Å². The number of ether oxygens (including phenoxy) is 1. The Balaban J connectivity index is 1.70. The highest BCUT2D eigenvalue weighted by Crippen LogP contribution is 2.20. The zero-order valence-electron chi connectivity index (χ0n) is 15.0. The third-order valence-corrected chi connectivity index (χ3v) is 6.34. The van der Waals surface area contributed by atoms with Crippen molar-refractivity contribution in [3.8, 4) is 17.1 Å². The van der Waals surface area contributed by atoms with Crippen LogP contribution in [0.3, 0.4) is 0 Å². The number of sulfone groups is 1. The van der Waals surface area contributed by atoms with E-state index in [0.29, 0.717) is 17.1 Å². The van der Waals surface area contributed by atoms with Gasteiger partial charge < -0.3 is 9.26 Å². The van der Waals surface area contributed by atoms with Crippen molar-refractivity contribution in [3.05, 3.63) is 54.4 Å². The van der Waals surface area contributed by atoms with Gasteiger partial charge in [-0.15, -0.1) is 0 Å². The summed E-state index contributed by atoms with van der Waals surface area (Å²) in [5.74, 6) is 1.08. The van der Waals surface area contributed by atoms with E-state index in [4.69, 9.17) is 9.26 Å². The van der Waals surface area contributed by atoms with Crippen LogP contribution in [0.5, 0.6) is 5.75 Å². The largest absolute Gasteiger partial charge is 0.497 e. The molecule has 0 saturated heterocycles. The van der Waals surface area contributed by atoms with E-state index in [0.717, 1.165) is 6.26 Å². The lowest BCUT2D eigenvalue weighted by molar-refractivity contribution is 0.376. The van der Waals surface area contributed by atoms with Gasteiger partial charge >= 0.3 is 0 Å². The molecule has 1 N–H and O–H groups in total. The van der Waals surface area contributed by atoms with Crippen LogP contribution in [0.1, 0.15) is 5.89 Å². The standard InChI is InChI=1S/C17H17N3O6S2/c1-25-13-5-3-12(4-6-13)17-19-16(26-20-17)11-18-28(23,24)15-9-7-14(8-10-15)27(2,21)22/h3-10,18H,11H2,1-2H3. The average molecular weight is 423 g/mol. The summed E-state index contributed by atoms with van der Waals surface area (Å²) >= 11 is 0. The molecule has 9 nitrogen and oxygen atoms in total. The van der Waals surface area contributed by atoms with Gasteiger partial charge in [0, 0.05) is 11.8 Å². The third-order valence-electron chi connectivity index (χ3n) is 3.79. The van der Waals surface area contributed by atoms with Crippen LogP contribution < -0.4 is 9.46 Å². The molecule has 0 fully saturated rings. The molecule has 0 radical (unpaired) electrons. The van der Waals surface area contributed by atoms with Gasteiger partial charge in [0.2, 0.25) is 21.7 Å². The number of rotatable bonds is 7. The second-order valence-electron chi connectivity index (χ2n) is 5.81. The highest BCUT2D eigenvalue weighted by atomic mass is 32.2. The van der Waals surface area contributed by atoms with Gasteiger partial charge in [-0.2, -0.15) is 4.98 Å². The van der Waals surface area contributed by atoms with E-state index in [1.165, 1.54) is 24.3 Å². The first-order chi connectivity index (χ1) is 13.2. The maximum absolute atomic E-state index is 12.3. The SMILES string of the molecule is COc1ccc(-c2noc(CNS(=O)(=O)c3ccc(S(C)(=O)=O)cc3)n2)cc1. The Labute approximate surface area is 162 Å². The van der Waals surface area contributed by atoms with Crippen LogP contribution in [0.25, 0.3) is 11.4 Å². The van der Waals surface area contributed by atoms with Gasteiger partial charge in [0.25, 0.3) is 0 Å². The summed E-state index contributed by atoms with van der Waals surface area (Å²) in [6, 6.07) is 11.9. The summed E-state index contributed by atoms with van der Waals surface area (Å²) in [5.41, 5.74) is 0.690. The molecule has 0 aliphatic heterocycles. The first kappa shape index (κ1) is 20.0. The highest BCUT2D eigenvalue weighted by Gasteiger charge is 2.17. The monoisotopic (exact) mass is 423 g/mol. The number of hydrogen-bond acceptors (Lipinski definition) is 8. The summed E-state index contributed by atoms with van der Waals surface area (Å²) in [6.45, 7) is -0.209. The molecule has 1 aromatic heterocycles. The van der Waals surface area contributed by atoms with Crippen LogP contribution >= 0.6 is 0 Å². The first-order valence-electron chi connectivity index (χ1n) is 7.96. The van der Waals surface area contributed by atoms with Crippen LogP contribution in [-0.2, 0) is 26.4 Å². The predicted octanol–water partition coefficient (Wildman–Crippen LogP) is 1.63. The van der Waals surface area contributed by atoms with Crippen molar-refractivity contribution >= 4 is 19.9 Å². The van der Waals surface area contributed by atoms with Gasteiger partial charge in [-0.25, -0.2) is 21.6 Å². The van der Waals surface area contributed by atoms with Crippen LogP contribution in [0.2, 0.25) is 0 Å². The van der Waals surface area contributed by atoms with E-state index in [-0.39, 0.29) is 22.2 Å². The van der Waals surface area contributed by atoms with Crippen molar-refractivity contribution in [1.82, 2.24) is 14.9 Å². The molecule has 0 bridgehead atoms. The molecule has 0 spiro atoms. The predicted molar refractivity (Wildman–Crippen MR) is 99.9 cm³/mol. The van der Waals surface area contributed by atoms with Gasteiger partial charge in [-0.05, 0) is 48.5 Å². The molecule has 3 aromatic rings. The number of nitrogens with zero attached hydrogens (tertiary/aromatic N) is 2. The number of aromatic nitrogens is 2. The Morgan fingerprint density at radius 2 is 1.57 bits per heavy atom. The quantitative estimate of drug-likeness (QED) is 0.607. The molecule has 148 valence electrons. The number of sulfonamides is 1. The molecule has 28 heavy (non-hydrogen) atoms. The van der Waals surface area contributed by atoms with E-state index in [1.807, 2.05) is 0 Å². The minimum Gasteiger partial charge on any atom is -0.497 e. The number of nitrogens with one attached hydrogen (secondary N) is 1. The van der Waals surface area contributed by atoms with Crippen LogP contribution in [0.15, 0.2) is 62.8 Å². The van der Waals surface area contributed by atoms with Crippen molar-refractivity contribution in [2.24, 2.45) is 0 Å². The van der Waals surface area contributed by atoms with Gasteiger partial charge in [-0.1, -0.05) is 5.16 Å². The minimum atomic E-state index is -3.87. The molecular formula is C17H17N3O6S2. The molecule has 0 saturated carbocycles. The van der Waals surface area contributed by atoms with E-state index >= 15 is 0 Å². The van der Waals surface area contributed by atoms with Crippen molar-refractivity contribution in [1.29, 1.82) is 0 Å². The summed E-state index contributed by atoms with van der Waals surface area (Å²) in [7, 11) is -5.72. The summed E-state index contributed by atoms with van der Waals surface area (Å²) < 4.78 is 60.1. The third kappa shape index (κ3) is 4.55. The highest BCUT2D eigenvalue weighted by molar-refractivity contribution is 7.90. The second-order valence-corrected chi connectivity index (χ2v) is 9.59. The average Bonchev–Trinajstić information content (AvgIpc) is 3.15. The molecule has 0 aliphatic carbocycles. The Morgan fingerprint density at radius 1 is 0.964 bits per heavy atom. The fourth-order valence-corrected chi connectivity index (χ4v) is 3.90. The molecule has 0 aliphatic rings. The smallest absolute Gasteiger partial charge is 0.242 e. The van der Waals surface area contributed by atoms with Crippen LogP contribution in [0.4, 0.5) is 0 Å². The van der Waals surface area contributed by atoms with E-state index in [9.17, 15) is 16.8 Å². The van der Waals surface area contributed by atoms with Gasteiger partial charge in [0.15, 0.2) is 9.84 Å². The summed E-state index contributed by atoms with van der Waals surface area (Å²) in [5, 5.41) is 3.83. The zero-order chi connectivity index (χ0) is 20.4. The Bertz CT molecular complexity index is 1170. The maximum atomic E-state index is 12.3. The molecule has 0 atom stereocenters. The van der Waals surface area contributed by atoms with Crippen LogP contribution in [0, 0.1) is 0 Å². The number of methoxy groups -OCH3 is 1.